The molecule has 1 N–H and O–H groups in total. The second kappa shape index (κ2) is 5.23. The van der Waals surface area contributed by atoms with Crippen LogP contribution >= 0.6 is 0 Å². The van der Waals surface area contributed by atoms with Crippen molar-refractivity contribution in [2.24, 2.45) is 0 Å². The molecule has 2 aromatic carbocycles. The maximum absolute atomic E-state index is 13.9. The summed E-state index contributed by atoms with van der Waals surface area (Å²) >= 11 is 0. The predicted molar refractivity (Wildman–Crippen MR) is 78.0 cm³/mol. The van der Waals surface area contributed by atoms with E-state index in [1.165, 1.54) is 18.2 Å². The average molecular weight is 288 g/mol. The third-order valence-electron chi connectivity index (χ3n) is 4.51. The highest BCUT2D eigenvalue weighted by Crippen LogP contribution is 2.43. The largest absolute Gasteiger partial charge is 0.385 e. The molecule has 0 bridgehead atoms. The quantitative estimate of drug-likeness (QED) is 0.874. The third-order valence-corrected chi connectivity index (χ3v) is 4.51. The van der Waals surface area contributed by atoms with E-state index in [9.17, 15) is 13.9 Å². The van der Waals surface area contributed by atoms with E-state index in [-0.39, 0.29) is 12.0 Å². The topological polar surface area (TPSA) is 20.2 Å². The Bertz CT molecular complexity index is 648. The predicted octanol–water partition coefficient (Wildman–Crippen LogP) is 4.29. The number of hydrogen-bond donors (Lipinski definition) is 1. The minimum Gasteiger partial charge on any atom is -0.385 e. The molecular weight excluding hydrogens is 270 g/mol. The molecule has 1 aliphatic rings. The first-order valence-electron chi connectivity index (χ1n) is 7.26. The highest BCUT2D eigenvalue weighted by atomic mass is 19.1. The normalized spacial score (nSPS) is 24.7. The zero-order valence-electron chi connectivity index (χ0n) is 11.9. The minimum absolute atomic E-state index is 0.0325. The van der Waals surface area contributed by atoms with Gasteiger partial charge in [0, 0.05) is 12.0 Å². The van der Waals surface area contributed by atoms with E-state index in [4.69, 9.17) is 0 Å². The van der Waals surface area contributed by atoms with Crippen LogP contribution in [0, 0.1) is 11.6 Å². The molecular formula is C18H18F2O. The van der Waals surface area contributed by atoms with Crippen LogP contribution < -0.4 is 0 Å². The Balaban J connectivity index is 2.04. The Hall–Kier alpha value is -1.74. The lowest BCUT2D eigenvalue weighted by atomic mass is 9.72. The Morgan fingerprint density at radius 1 is 1.10 bits per heavy atom. The van der Waals surface area contributed by atoms with Crippen molar-refractivity contribution in [1.29, 1.82) is 0 Å². The van der Waals surface area contributed by atoms with Gasteiger partial charge in [0.05, 0.1) is 5.60 Å². The summed E-state index contributed by atoms with van der Waals surface area (Å²) in [5, 5.41) is 11.0. The summed E-state index contributed by atoms with van der Waals surface area (Å²) < 4.78 is 27.8. The Kier molecular flexibility index (Phi) is 3.54. The molecule has 1 aliphatic carbocycles. The van der Waals surface area contributed by atoms with Crippen molar-refractivity contribution in [3.05, 3.63) is 70.8 Å². The van der Waals surface area contributed by atoms with Crippen LogP contribution in [0.2, 0.25) is 0 Å². The molecule has 21 heavy (non-hydrogen) atoms. The van der Waals surface area contributed by atoms with Gasteiger partial charge in [0.15, 0.2) is 0 Å². The zero-order chi connectivity index (χ0) is 15.0. The maximum Gasteiger partial charge on any atom is 0.129 e. The number of halogens is 2. The molecule has 0 aromatic heterocycles. The molecule has 3 rings (SSSR count). The monoisotopic (exact) mass is 288 g/mol. The fourth-order valence-corrected chi connectivity index (χ4v) is 3.27. The van der Waals surface area contributed by atoms with Crippen LogP contribution in [0.5, 0.6) is 0 Å². The molecule has 1 nitrogen and oxygen atoms in total. The van der Waals surface area contributed by atoms with Crippen LogP contribution in [0.3, 0.4) is 0 Å². The van der Waals surface area contributed by atoms with Gasteiger partial charge in [-0.3, -0.25) is 0 Å². The van der Waals surface area contributed by atoms with E-state index in [2.05, 4.69) is 6.92 Å². The minimum atomic E-state index is -1.20. The summed E-state index contributed by atoms with van der Waals surface area (Å²) in [5.41, 5.74) is 0.630. The van der Waals surface area contributed by atoms with Crippen molar-refractivity contribution in [3.8, 4) is 0 Å². The fourth-order valence-electron chi connectivity index (χ4n) is 3.27. The van der Waals surface area contributed by atoms with Gasteiger partial charge in [0.2, 0.25) is 0 Å². The van der Waals surface area contributed by atoms with Crippen LogP contribution in [0.15, 0.2) is 42.5 Å². The van der Waals surface area contributed by atoms with E-state index >= 15 is 0 Å². The van der Waals surface area contributed by atoms with Gasteiger partial charge >= 0.3 is 0 Å². The van der Waals surface area contributed by atoms with Crippen molar-refractivity contribution in [3.63, 3.8) is 0 Å². The first-order valence-corrected chi connectivity index (χ1v) is 7.26. The number of hydrogen-bond acceptors (Lipinski definition) is 1. The van der Waals surface area contributed by atoms with Crippen LogP contribution in [0.4, 0.5) is 8.78 Å². The molecule has 2 unspecified atom stereocenters. The lowest BCUT2D eigenvalue weighted by Crippen LogP contribution is -2.34. The van der Waals surface area contributed by atoms with Crippen molar-refractivity contribution in [1.82, 2.24) is 0 Å². The van der Waals surface area contributed by atoms with Gasteiger partial charge in [-0.1, -0.05) is 37.3 Å². The van der Waals surface area contributed by atoms with Gasteiger partial charge in [-0.05, 0) is 42.0 Å². The Morgan fingerprint density at radius 2 is 1.76 bits per heavy atom. The van der Waals surface area contributed by atoms with Gasteiger partial charge in [0.25, 0.3) is 0 Å². The summed E-state index contributed by atoms with van der Waals surface area (Å²) in [6, 6.07) is 11.5. The van der Waals surface area contributed by atoms with E-state index < -0.39 is 17.2 Å². The van der Waals surface area contributed by atoms with Crippen molar-refractivity contribution >= 4 is 0 Å². The van der Waals surface area contributed by atoms with Gasteiger partial charge in [-0.2, -0.15) is 0 Å². The summed E-state index contributed by atoms with van der Waals surface area (Å²) in [6.45, 7) is 2.11. The average Bonchev–Trinajstić information content (AvgIpc) is 2.48. The molecule has 0 spiro atoms. The lowest BCUT2D eigenvalue weighted by Gasteiger charge is -2.37. The van der Waals surface area contributed by atoms with Gasteiger partial charge < -0.3 is 5.11 Å². The van der Waals surface area contributed by atoms with Crippen LogP contribution in [0.25, 0.3) is 0 Å². The van der Waals surface area contributed by atoms with Crippen molar-refractivity contribution < 1.29 is 13.9 Å². The number of rotatable bonds is 2. The van der Waals surface area contributed by atoms with E-state index in [0.29, 0.717) is 12.3 Å². The highest BCUT2D eigenvalue weighted by Gasteiger charge is 2.37. The Morgan fingerprint density at radius 3 is 2.48 bits per heavy atom. The second-order valence-electron chi connectivity index (χ2n) is 5.94. The molecule has 0 amide bonds. The van der Waals surface area contributed by atoms with E-state index in [1.807, 2.05) is 24.3 Å². The maximum atomic E-state index is 13.9. The van der Waals surface area contributed by atoms with Gasteiger partial charge in [0.1, 0.15) is 11.6 Å². The molecule has 2 atom stereocenters. The second-order valence-corrected chi connectivity index (χ2v) is 5.94. The van der Waals surface area contributed by atoms with Crippen LogP contribution in [0.1, 0.15) is 42.4 Å². The molecule has 0 heterocycles. The van der Waals surface area contributed by atoms with Gasteiger partial charge in [-0.15, -0.1) is 0 Å². The first kappa shape index (κ1) is 14.2. The molecule has 0 saturated heterocycles. The zero-order valence-corrected chi connectivity index (χ0v) is 11.9. The SMILES string of the molecule is CC1CCC(O)(Cc2c(F)cccc2F)c2ccccc21. The summed E-state index contributed by atoms with van der Waals surface area (Å²) in [4.78, 5) is 0. The Labute approximate surface area is 123 Å². The molecule has 0 saturated carbocycles. The molecule has 0 fully saturated rings. The fraction of sp³-hybridized carbons (Fsp3) is 0.333. The molecule has 2 aromatic rings. The number of benzene rings is 2. The molecule has 110 valence electrons. The van der Waals surface area contributed by atoms with E-state index in [0.717, 1.165) is 17.5 Å². The van der Waals surface area contributed by atoms with E-state index in [1.54, 1.807) is 0 Å². The summed E-state index contributed by atoms with van der Waals surface area (Å²) in [5.74, 6) is -0.842. The van der Waals surface area contributed by atoms with Crippen molar-refractivity contribution in [2.45, 2.75) is 37.7 Å². The molecule has 3 heteroatoms. The van der Waals surface area contributed by atoms with Crippen LogP contribution in [-0.2, 0) is 12.0 Å². The number of aliphatic hydroxyl groups is 1. The van der Waals surface area contributed by atoms with Crippen molar-refractivity contribution in [2.75, 3.05) is 0 Å². The third kappa shape index (κ3) is 2.46. The van der Waals surface area contributed by atoms with Crippen LogP contribution in [-0.4, -0.2) is 5.11 Å². The summed E-state index contributed by atoms with van der Waals surface area (Å²) in [7, 11) is 0. The number of fused-ring (bicyclic) bond motifs is 1. The highest BCUT2D eigenvalue weighted by molar-refractivity contribution is 5.39. The lowest BCUT2D eigenvalue weighted by molar-refractivity contribution is 0.0143. The smallest absolute Gasteiger partial charge is 0.129 e. The molecule has 0 aliphatic heterocycles. The summed E-state index contributed by atoms with van der Waals surface area (Å²) in [6.07, 6.45) is 1.29. The standard InChI is InChI=1S/C18H18F2O/c1-12-9-10-18(21,15-6-3-2-5-13(12)15)11-14-16(19)7-4-8-17(14)20/h2-8,12,21H,9-11H2,1H3. The molecule has 0 radical (unpaired) electrons. The van der Waals surface area contributed by atoms with Gasteiger partial charge in [-0.25, -0.2) is 8.78 Å². The first-order chi connectivity index (χ1) is 10.0.